The highest BCUT2D eigenvalue weighted by Gasteiger charge is 2.16. The van der Waals surface area contributed by atoms with E-state index in [1.807, 2.05) is 37.4 Å². The Balaban J connectivity index is 1.56. The van der Waals surface area contributed by atoms with Crippen molar-refractivity contribution >= 4 is 17.4 Å². The summed E-state index contributed by atoms with van der Waals surface area (Å²) in [5.41, 5.74) is 2.18. The van der Waals surface area contributed by atoms with Crippen molar-refractivity contribution in [2.24, 2.45) is 0 Å². The molecule has 0 bridgehead atoms. The van der Waals surface area contributed by atoms with Crippen LogP contribution in [-0.4, -0.2) is 12.8 Å². The molecule has 2 aromatic rings. The molecule has 0 fully saturated rings. The van der Waals surface area contributed by atoms with Gasteiger partial charge in [-0.3, -0.25) is 0 Å². The number of hydrogen-bond acceptors (Lipinski definition) is 4. The standard InChI is InChI=1S/C16H18N2O3S/c1-10-5-6-22-15(10)8-17-16(19)18-11(2)12-3-4-13-14(7-12)21-9-20-13/h3-7,11H,8-9H2,1-2H3,(H2,17,18,19). The van der Waals surface area contributed by atoms with Crippen molar-refractivity contribution in [3.05, 3.63) is 45.6 Å². The van der Waals surface area contributed by atoms with E-state index in [-0.39, 0.29) is 18.9 Å². The summed E-state index contributed by atoms with van der Waals surface area (Å²) in [5.74, 6) is 1.47. The van der Waals surface area contributed by atoms with Crippen molar-refractivity contribution in [1.29, 1.82) is 0 Å². The van der Waals surface area contributed by atoms with Gasteiger partial charge in [0, 0.05) is 4.88 Å². The number of hydrogen-bond donors (Lipinski definition) is 2. The minimum atomic E-state index is -0.182. The molecule has 0 saturated carbocycles. The number of ether oxygens (including phenoxy) is 2. The fourth-order valence-electron chi connectivity index (χ4n) is 2.26. The zero-order valence-corrected chi connectivity index (χ0v) is 13.3. The summed E-state index contributed by atoms with van der Waals surface area (Å²) in [4.78, 5) is 13.2. The minimum Gasteiger partial charge on any atom is -0.454 e. The number of benzene rings is 1. The molecule has 2 amide bonds. The lowest BCUT2D eigenvalue weighted by molar-refractivity contribution is 0.174. The van der Waals surface area contributed by atoms with E-state index in [1.165, 1.54) is 10.4 Å². The van der Waals surface area contributed by atoms with E-state index >= 15 is 0 Å². The number of carbonyl (C=O) groups excluding carboxylic acids is 1. The van der Waals surface area contributed by atoms with Crippen LogP contribution in [0, 0.1) is 6.92 Å². The number of rotatable bonds is 4. The van der Waals surface area contributed by atoms with Crippen LogP contribution in [0.5, 0.6) is 11.5 Å². The topological polar surface area (TPSA) is 59.6 Å². The summed E-state index contributed by atoms with van der Waals surface area (Å²) in [6.45, 7) is 4.78. The maximum atomic E-state index is 12.0. The number of carbonyl (C=O) groups is 1. The molecule has 2 N–H and O–H groups in total. The summed E-state index contributed by atoms with van der Waals surface area (Å²) >= 11 is 1.65. The van der Waals surface area contributed by atoms with Crippen LogP contribution >= 0.6 is 11.3 Å². The van der Waals surface area contributed by atoms with Crippen molar-refractivity contribution in [1.82, 2.24) is 10.6 Å². The molecule has 1 atom stereocenters. The summed E-state index contributed by atoms with van der Waals surface area (Å²) < 4.78 is 10.6. The van der Waals surface area contributed by atoms with Gasteiger partial charge in [-0.2, -0.15) is 0 Å². The monoisotopic (exact) mass is 318 g/mol. The predicted octanol–water partition coefficient (Wildman–Crippen LogP) is 3.35. The third-order valence-electron chi connectivity index (χ3n) is 3.62. The molecule has 1 aliphatic rings. The quantitative estimate of drug-likeness (QED) is 0.909. The Labute approximate surface area is 133 Å². The van der Waals surface area contributed by atoms with Gasteiger partial charge in [-0.05, 0) is 48.6 Å². The van der Waals surface area contributed by atoms with Crippen LogP contribution in [0.15, 0.2) is 29.6 Å². The maximum Gasteiger partial charge on any atom is 0.315 e. The second kappa shape index (κ2) is 6.27. The van der Waals surface area contributed by atoms with Crippen LogP contribution in [0.3, 0.4) is 0 Å². The second-order valence-electron chi connectivity index (χ2n) is 5.19. The number of amides is 2. The fourth-order valence-corrected chi connectivity index (χ4v) is 3.11. The summed E-state index contributed by atoms with van der Waals surface area (Å²) in [5, 5.41) is 7.84. The summed E-state index contributed by atoms with van der Waals surface area (Å²) in [6.07, 6.45) is 0. The lowest BCUT2D eigenvalue weighted by atomic mass is 10.1. The third-order valence-corrected chi connectivity index (χ3v) is 4.64. The first-order valence-corrected chi connectivity index (χ1v) is 7.98. The number of nitrogens with one attached hydrogen (secondary N) is 2. The van der Waals surface area contributed by atoms with Crippen molar-refractivity contribution < 1.29 is 14.3 Å². The van der Waals surface area contributed by atoms with Gasteiger partial charge in [-0.1, -0.05) is 6.07 Å². The molecule has 1 unspecified atom stereocenters. The van der Waals surface area contributed by atoms with Gasteiger partial charge in [0.2, 0.25) is 6.79 Å². The molecule has 116 valence electrons. The van der Waals surface area contributed by atoms with Crippen molar-refractivity contribution in [2.45, 2.75) is 26.4 Å². The SMILES string of the molecule is Cc1ccsc1CNC(=O)NC(C)c1ccc2c(c1)OCO2. The van der Waals surface area contributed by atoms with Crippen LogP contribution in [0.25, 0.3) is 0 Å². The Morgan fingerprint density at radius 1 is 1.32 bits per heavy atom. The van der Waals surface area contributed by atoms with Crippen LogP contribution in [0.1, 0.15) is 29.0 Å². The highest BCUT2D eigenvalue weighted by atomic mass is 32.1. The van der Waals surface area contributed by atoms with Gasteiger partial charge in [0.15, 0.2) is 11.5 Å². The Morgan fingerprint density at radius 3 is 2.91 bits per heavy atom. The molecule has 0 spiro atoms. The van der Waals surface area contributed by atoms with Gasteiger partial charge in [-0.25, -0.2) is 4.79 Å². The van der Waals surface area contributed by atoms with Crippen molar-refractivity contribution in [2.75, 3.05) is 6.79 Å². The molecule has 0 saturated heterocycles. The van der Waals surface area contributed by atoms with E-state index in [4.69, 9.17) is 9.47 Å². The Kier molecular flexibility index (Phi) is 4.20. The molecular formula is C16H18N2O3S. The van der Waals surface area contributed by atoms with Gasteiger partial charge in [-0.15, -0.1) is 11.3 Å². The van der Waals surface area contributed by atoms with E-state index in [0.29, 0.717) is 6.54 Å². The van der Waals surface area contributed by atoms with Crippen LogP contribution < -0.4 is 20.1 Å². The zero-order chi connectivity index (χ0) is 15.5. The van der Waals surface area contributed by atoms with Gasteiger partial charge in [0.1, 0.15) is 0 Å². The predicted molar refractivity (Wildman–Crippen MR) is 85.4 cm³/mol. The number of fused-ring (bicyclic) bond motifs is 1. The average Bonchev–Trinajstić information content (AvgIpc) is 3.12. The van der Waals surface area contributed by atoms with Crippen LogP contribution in [-0.2, 0) is 6.54 Å². The molecule has 22 heavy (non-hydrogen) atoms. The smallest absolute Gasteiger partial charge is 0.315 e. The van der Waals surface area contributed by atoms with E-state index in [9.17, 15) is 4.79 Å². The molecule has 0 radical (unpaired) electrons. The Hall–Kier alpha value is -2.21. The van der Waals surface area contributed by atoms with Gasteiger partial charge >= 0.3 is 6.03 Å². The molecule has 1 aliphatic heterocycles. The average molecular weight is 318 g/mol. The maximum absolute atomic E-state index is 12.0. The number of urea groups is 1. The summed E-state index contributed by atoms with van der Waals surface area (Å²) in [6, 6.07) is 7.45. The Bertz CT molecular complexity index is 684. The van der Waals surface area contributed by atoms with Gasteiger partial charge in [0.05, 0.1) is 12.6 Å². The number of thiophene rings is 1. The second-order valence-corrected chi connectivity index (χ2v) is 6.19. The lowest BCUT2D eigenvalue weighted by Gasteiger charge is -2.15. The highest BCUT2D eigenvalue weighted by Crippen LogP contribution is 2.34. The normalized spacial score (nSPS) is 13.7. The fraction of sp³-hybridized carbons (Fsp3) is 0.312. The molecule has 6 heteroatoms. The molecule has 1 aromatic heterocycles. The minimum absolute atomic E-state index is 0.112. The molecule has 5 nitrogen and oxygen atoms in total. The highest BCUT2D eigenvalue weighted by molar-refractivity contribution is 7.10. The third kappa shape index (κ3) is 3.17. The lowest BCUT2D eigenvalue weighted by Crippen LogP contribution is -2.36. The van der Waals surface area contributed by atoms with Crippen molar-refractivity contribution in [3.63, 3.8) is 0 Å². The van der Waals surface area contributed by atoms with E-state index in [1.54, 1.807) is 11.3 Å². The number of aryl methyl sites for hydroxylation is 1. The van der Waals surface area contributed by atoms with Crippen LogP contribution in [0.4, 0.5) is 4.79 Å². The summed E-state index contributed by atoms with van der Waals surface area (Å²) in [7, 11) is 0. The first kappa shape index (κ1) is 14.7. The van der Waals surface area contributed by atoms with Gasteiger partial charge < -0.3 is 20.1 Å². The molecule has 3 rings (SSSR count). The van der Waals surface area contributed by atoms with E-state index < -0.39 is 0 Å². The van der Waals surface area contributed by atoms with E-state index in [0.717, 1.165) is 17.1 Å². The first-order chi connectivity index (χ1) is 10.6. The first-order valence-electron chi connectivity index (χ1n) is 7.10. The molecular weight excluding hydrogens is 300 g/mol. The van der Waals surface area contributed by atoms with Gasteiger partial charge in [0.25, 0.3) is 0 Å². The van der Waals surface area contributed by atoms with Crippen LogP contribution in [0.2, 0.25) is 0 Å². The molecule has 2 heterocycles. The van der Waals surface area contributed by atoms with E-state index in [2.05, 4.69) is 16.7 Å². The zero-order valence-electron chi connectivity index (χ0n) is 12.5. The Morgan fingerprint density at radius 2 is 2.14 bits per heavy atom. The largest absolute Gasteiger partial charge is 0.454 e. The van der Waals surface area contributed by atoms with Crippen molar-refractivity contribution in [3.8, 4) is 11.5 Å². The molecule has 0 aliphatic carbocycles. The molecule has 1 aromatic carbocycles.